The van der Waals surface area contributed by atoms with Crippen LogP contribution < -0.4 is 5.32 Å². The number of hydrogen-bond donors (Lipinski definition) is 1. The average molecular weight is 158 g/mol. The molecular formula is C8H6N4. The van der Waals surface area contributed by atoms with E-state index < -0.39 is 0 Å². The van der Waals surface area contributed by atoms with Gasteiger partial charge in [0.25, 0.3) is 0 Å². The van der Waals surface area contributed by atoms with Crippen LogP contribution in [0.2, 0.25) is 0 Å². The summed E-state index contributed by atoms with van der Waals surface area (Å²) in [7, 11) is 0. The number of pyridine rings is 1. The van der Waals surface area contributed by atoms with Crippen molar-refractivity contribution in [3.05, 3.63) is 23.4 Å². The Kier molecular flexibility index (Phi) is 2.25. The predicted molar refractivity (Wildman–Crippen MR) is 42.9 cm³/mol. The smallest absolute Gasteiger partial charge is 0.182 e. The van der Waals surface area contributed by atoms with E-state index in [2.05, 4.69) is 10.3 Å². The molecule has 0 saturated carbocycles. The second-order valence-electron chi connectivity index (χ2n) is 2.26. The topological polar surface area (TPSA) is 72.5 Å². The number of nitrogens with one attached hydrogen (secondary N) is 1. The van der Waals surface area contributed by atoms with E-state index in [0.717, 1.165) is 5.56 Å². The molecule has 1 N–H and O–H groups in total. The van der Waals surface area contributed by atoms with Gasteiger partial charge in [-0.1, -0.05) is 0 Å². The molecule has 0 atom stereocenters. The van der Waals surface area contributed by atoms with Crippen molar-refractivity contribution in [2.75, 3.05) is 5.32 Å². The molecule has 1 rings (SSSR count). The quantitative estimate of drug-likeness (QED) is 0.491. The molecule has 1 aromatic heterocycles. The fourth-order valence-electron chi connectivity index (χ4n) is 0.807. The van der Waals surface area contributed by atoms with E-state index in [9.17, 15) is 0 Å². The van der Waals surface area contributed by atoms with Gasteiger partial charge in [-0.05, 0) is 18.6 Å². The van der Waals surface area contributed by atoms with Crippen LogP contribution >= 0.6 is 0 Å². The molecular weight excluding hydrogens is 152 g/mol. The van der Waals surface area contributed by atoms with Crippen LogP contribution in [0, 0.1) is 29.7 Å². The Morgan fingerprint density at radius 1 is 1.50 bits per heavy atom. The first kappa shape index (κ1) is 8.03. The lowest BCUT2D eigenvalue weighted by molar-refractivity contribution is 1.24. The molecule has 0 aliphatic carbocycles. The molecule has 0 aliphatic heterocycles. The standard InChI is InChI=1S/C8H6N4/c1-6-2-7(3-9)8(11-4-6)12-5-10/h2,4H,1H3,(H,11,12). The number of nitrogens with zero attached hydrogens (tertiary/aromatic N) is 3. The van der Waals surface area contributed by atoms with E-state index in [-0.39, 0.29) is 0 Å². The highest BCUT2D eigenvalue weighted by Gasteiger charge is 2.01. The molecule has 0 radical (unpaired) electrons. The third-order valence-electron chi connectivity index (χ3n) is 1.32. The summed E-state index contributed by atoms with van der Waals surface area (Å²) >= 11 is 0. The molecule has 4 heteroatoms. The van der Waals surface area contributed by atoms with Gasteiger partial charge in [-0.25, -0.2) is 4.98 Å². The molecule has 0 spiro atoms. The minimum Gasteiger partial charge on any atom is -0.276 e. The van der Waals surface area contributed by atoms with Crippen molar-refractivity contribution in [1.29, 1.82) is 10.5 Å². The molecule has 0 aliphatic rings. The molecule has 0 unspecified atom stereocenters. The zero-order valence-corrected chi connectivity index (χ0v) is 6.50. The maximum atomic E-state index is 8.63. The van der Waals surface area contributed by atoms with E-state index in [0.29, 0.717) is 11.4 Å². The molecule has 0 amide bonds. The Hall–Kier alpha value is -2.07. The minimum atomic E-state index is 0.311. The molecule has 0 aromatic carbocycles. The first-order valence-electron chi connectivity index (χ1n) is 3.30. The molecule has 0 bridgehead atoms. The summed E-state index contributed by atoms with van der Waals surface area (Å²) in [6, 6.07) is 3.62. The van der Waals surface area contributed by atoms with E-state index >= 15 is 0 Å². The number of rotatable bonds is 1. The van der Waals surface area contributed by atoms with E-state index in [1.165, 1.54) is 0 Å². The lowest BCUT2D eigenvalue weighted by Gasteiger charge is -1.99. The number of nitriles is 2. The zero-order valence-electron chi connectivity index (χ0n) is 6.50. The van der Waals surface area contributed by atoms with E-state index in [1.54, 1.807) is 18.5 Å². The third-order valence-corrected chi connectivity index (χ3v) is 1.32. The van der Waals surface area contributed by atoms with Crippen LogP contribution in [0.4, 0.5) is 5.82 Å². The summed E-state index contributed by atoms with van der Waals surface area (Å²) in [4.78, 5) is 3.88. The van der Waals surface area contributed by atoms with Gasteiger partial charge >= 0.3 is 0 Å². The average Bonchev–Trinajstić information content (AvgIpc) is 2.08. The lowest BCUT2D eigenvalue weighted by Crippen LogP contribution is -1.95. The SMILES string of the molecule is Cc1cnc(NC#N)c(C#N)c1. The highest BCUT2D eigenvalue weighted by molar-refractivity contribution is 5.54. The Morgan fingerprint density at radius 3 is 2.83 bits per heavy atom. The predicted octanol–water partition coefficient (Wildman–Crippen LogP) is 1.15. The number of anilines is 1. The summed E-state index contributed by atoms with van der Waals surface area (Å²) in [6.07, 6.45) is 3.31. The van der Waals surface area contributed by atoms with Crippen molar-refractivity contribution in [3.8, 4) is 12.3 Å². The van der Waals surface area contributed by atoms with Crippen LogP contribution in [0.15, 0.2) is 12.3 Å². The first-order valence-corrected chi connectivity index (χ1v) is 3.30. The van der Waals surface area contributed by atoms with Crippen molar-refractivity contribution in [3.63, 3.8) is 0 Å². The maximum absolute atomic E-state index is 8.63. The third kappa shape index (κ3) is 1.50. The summed E-state index contributed by atoms with van der Waals surface area (Å²) in [5, 5.41) is 19.3. The molecule has 12 heavy (non-hydrogen) atoms. The van der Waals surface area contributed by atoms with Crippen LogP contribution in [0.5, 0.6) is 0 Å². The molecule has 0 saturated heterocycles. The van der Waals surface area contributed by atoms with Crippen LogP contribution in [0.3, 0.4) is 0 Å². The lowest BCUT2D eigenvalue weighted by atomic mass is 10.2. The molecule has 0 fully saturated rings. The van der Waals surface area contributed by atoms with Gasteiger partial charge in [0, 0.05) is 6.20 Å². The molecule has 4 nitrogen and oxygen atoms in total. The Balaban J connectivity index is 3.15. The first-order chi connectivity index (χ1) is 5.77. The van der Waals surface area contributed by atoms with Gasteiger partial charge in [-0.3, -0.25) is 5.32 Å². The fraction of sp³-hybridized carbons (Fsp3) is 0.125. The number of aromatic nitrogens is 1. The molecule has 1 heterocycles. The Morgan fingerprint density at radius 2 is 2.25 bits per heavy atom. The van der Waals surface area contributed by atoms with Gasteiger partial charge in [0.15, 0.2) is 12.0 Å². The normalized spacial score (nSPS) is 8.25. The van der Waals surface area contributed by atoms with E-state index in [1.807, 2.05) is 13.0 Å². The van der Waals surface area contributed by atoms with Crippen LogP contribution in [-0.2, 0) is 0 Å². The fourth-order valence-corrected chi connectivity index (χ4v) is 0.807. The van der Waals surface area contributed by atoms with Crippen molar-refractivity contribution in [2.45, 2.75) is 6.92 Å². The zero-order chi connectivity index (χ0) is 8.97. The summed E-state index contributed by atoms with van der Waals surface area (Å²) < 4.78 is 0. The van der Waals surface area contributed by atoms with Crippen LogP contribution in [0.1, 0.15) is 11.1 Å². The number of aryl methyl sites for hydroxylation is 1. The summed E-state index contributed by atoms with van der Waals surface area (Å²) in [6.45, 7) is 1.84. The van der Waals surface area contributed by atoms with Crippen LogP contribution in [-0.4, -0.2) is 4.98 Å². The molecule has 1 aromatic rings. The monoisotopic (exact) mass is 158 g/mol. The highest BCUT2D eigenvalue weighted by Crippen LogP contribution is 2.11. The van der Waals surface area contributed by atoms with Crippen LogP contribution in [0.25, 0.3) is 0 Å². The highest BCUT2D eigenvalue weighted by atomic mass is 15.0. The van der Waals surface area contributed by atoms with E-state index in [4.69, 9.17) is 10.5 Å². The summed E-state index contributed by atoms with van der Waals surface area (Å²) in [5.74, 6) is 0.311. The minimum absolute atomic E-state index is 0.311. The van der Waals surface area contributed by atoms with Gasteiger partial charge in [-0.2, -0.15) is 10.5 Å². The van der Waals surface area contributed by atoms with Gasteiger partial charge in [0.1, 0.15) is 6.07 Å². The Labute approximate surface area is 70.1 Å². The van der Waals surface area contributed by atoms with Crippen molar-refractivity contribution < 1.29 is 0 Å². The van der Waals surface area contributed by atoms with Gasteiger partial charge in [-0.15, -0.1) is 0 Å². The van der Waals surface area contributed by atoms with Gasteiger partial charge in [0.05, 0.1) is 5.56 Å². The molecule has 58 valence electrons. The maximum Gasteiger partial charge on any atom is 0.182 e. The van der Waals surface area contributed by atoms with Crippen molar-refractivity contribution >= 4 is 5.82 Å². The largest absolute Gasteiger partial charge is 0.276 e. The second kappa shape index (κ2) is 3.36. The Bertz CT molecular complexity index is 370. The summed E-state index contributed by atoms with van der Waals surface area (Å²) in [5.41, 5.74) is 1.28. The van der Waals surface area contributed by atoms with Gasteiger partial charge < -0.3 is 0 Å². The van der Waals surface area contributed by atoms with Gasteiger partial charge in [0.2, 0.25) is 0 Å². The number of hydrogen-bond acceptors (Lipinski definition) is 4. The second-order valence-corrected chi connectivity index (χ2v) is 2.26. The van der Waals surface area contributed by atoms with Crippen molar-refractivity contribution in [1.82, 2.24) is 4.98 Å². The van der Waals surface area contributed by atoms with Crippen molar-refractivity contribution in [2.24, 2.45) is 0 Å².